The summed E-state index contributed by atoms with van der Waals surface area (Å²) in [5, 5.41) is 0.381. The molecule has 0 amide bonds. The van der Waals surface area contributed by atoms with E-state index < -0.39 is 0 Å². The molecule has 0 radical (unpaired) electrons. The second kappa shape index (κ2) is 2.99. The van der Waals surface area contributed by atoms with E-state index in [-0.39, 0.29) is 35.9 Å². The molecule has 2 nitrogen and oxygen atoms in total. The van der Waals surface area contributed by atoms with Crippen molar-refractivity contribution in [1.29, 1.82) is 0 Å². The molecule has 2 aromatic rings. The van der Waals surface area contributed by atoms with Crippen molar-refractivity contribution in [2.75, 3.05) is 6.54 Å². The highest BCUT2D eigenvalue weighted by molar-refractivity contribution is 5.82. The minimum atomic E-state index is -0.289. The molecule has 0 saturated heterocycles. The molecule has 0 bridgehead atoms. The fourth-order valence-electron chi connectivity index (χ4n) is 1.16. The topological polar surface area (TPSA) is 41.8 Å². The van der Waals surface area contributed by atoms with E-state index in [0.29, 0.717) is 23.9 Å². The zero-order chi connectivity index (χ0) is 12.7. The predicted octanol–water partition coefficient (Wildman–Crippen LogP) is 1.67. The largest absolute Gasteiger partial charge is 0.361 e. The Morgan fingerprint density at radius 2 is 2.25 bits per heavy atom. The number of nitrogens with one attached hydrogen (secondary N) is 1. The van der Waals surface area contributed by atoms with Crippen molar-refractivity contribution in [3.63, 3.8) is 0 Å². The summed E-state index contributed by atoms with van der Waals surface area (Å²) in [6, 6.07) is -0.820. The number of benzene rings is 1. The van der Waals surface area contributed by atoms with E-state index in [1.54, 1.807) is 0 Å². The van der Waals surface area contributed by atoms with Crippen molar-refractivity contribution in [3.05, 3.63) is 35.9 Å². The SMILES string of the molecule is [2H]c1[nH]c2c([2H])c([2H])c([2H])c([2H])c2c1CCN. The van der Waals surface area contributed by atoms with Gasteiger partial charge in [-0.15, -0.1) is 0 Å². The number of hydrogen-bond donors (Lipinski definition) is 2. The van der Waals surface area contributed by atoms with E-state index in [4.69, 9.17) is 12.6 Å². The summed E-state index contributed by atoms with van der Waals surface area (Å²) in [5.41, 5.74) is 6.28. The molecule has 0 aliphatic rings. The number of fused-ring (bicyclic) bond motifs is 1. The van der Waals surface area contributed by atoms with E-state index in [0.717, 1.165) is 0 Å². The molecule has 1 aromatic heterocycles. The van der Waals surface area contributed by atoms with Crippen LogP contribution in [0.3, 0.4) is 0 Å². The Hall–Kier alpha value is -1.28. The van der Waals surface area contributed by atoms with Gasteiger partial charge in [-0.1, -0.05) is 18.1 Å². The van der Waals surface area contributed by atoms with Crippen LogP contribution < -0.4 is 5.73 Å². The molecule has 0 fully saturated rings. The molecule has 2 heteroatoms. The molecular weight excluding hydrogens is 148 g/mol. The van der Waals surface area contributed by atoms with Gasteiger partial charge in [-0.2, -0.15) is 0 Å². The lowest BCUT2D eigenvalue weighted by atomic mass is 10.1. The van der Waals surface area contributed by atoms with E-state index >= 15 is 0 Å². The Morgan fingerprint density at radius 1 is 1.42 bits per heavy atom. The summed E-state index contributed by atoms with van der Waals surface area (Å²) >= 11 is 0. The Kier molecular flexibility index (Phi) is 0.903. The van der Waals surface area contributed by atoms with E-state index in [2.05, 4.69) is 4.98 Å². The van der Waals surface area contributed by atoms with Gasteiger partial charge < -0.3 is 10.7 Å². The quantitative estimate of drug-likeness (QED) is 0.698. The first-order chi connectivity index (χ1) is 7.99. The lowest BCUT2D eigenvalue weighted by Crippen LogP contribution is -2.01. The Morgan fingerprint density at radius 3 is 3.08 bits per heavy atom. The molecule has 2 rings (SSSR count). The first-order valence-electron chi connectivity index (χ1n) is 6.26. The highest BCUT2D eigenvalue weighted by Crippen LogP contribution is 2.17. The maximum absolute atomic E-state index is 7.82. The first-order valence-corrected chi connectivity index (χ1v) is 3.76. The molecule has 1 aromatic carbocycles. The normalized spacial score (nSPS) is 16.6. The van der Waals surface area contributed by atoms with Gasteiger partial charge in [0.15, 0.2) is 0 Å². The summed E-state index contributed by atoms with van der Waals surface area (Å²) in [7, 11) is 0. The van der Waals surface area contributed by atoms with E-state index in [1.165, 1.54) is 0 Å². The number of rotatable bonds is 2. The molecule has 0 atom stereocenters. The summed E-state index contributed by atoms with van der Waals surface area (Å²) in [5.74, 6) is 0. The van der Waals surface area contributed by atoms with Gasteiger partial charge in [-0.05, 0) is 24.6 Å². The lowest BCUT2D eigenvalue weighted by Gasteiger charge is -1.93. The van der Waals surface area contributed by atoms with Gasteiger partial charge in [0.25, 0.3) is 0 Å². The van der Waals surface area contributed by atoms with Crippen LogP contribution in [0.15, 0.2) is 30.3 Å². The van der Waals surface area contributed by atoms with Crippen LogP contribution >= 0.6 is 0 Å². The van der Waals surface area contributed by atoms with Crippen LogP contribution in [0.1, 0.15) is 12.4 Å². The van der Waals surface area contributed by atoms with Crippen molar-refractivity contribution < 1.29 is 6.85 Å². The van der Waals surface area contributed by atoms with Crippen molar-refractivity contribution in [3.8, 4) is 0 Å². The fourth-order valence-corrected chi connectivity index (χ4v) is 1.16. The van der Waals surface area contributed by atoms with Gasteiger partial charge in [-0.3, -0.25) is 0 Å². The predicted molar refractivity (Wildman–Crippen MR) is 51.1 cm³/mol. The zero-order valence-corrected chi connectivity index (χ0v) is 6.49. The summed E-state index contributed by atoms with van der Waals surface area (Å²) < 4.78 is 38.4. The maximum Gasteiger partial charge on any atom is 0.0819 e. The van der Waals surface area contributed by atoms with E-state index in [9.17, 15) is 0 Å². The van der Waals surface area contributed by atoms with Crippen LogP contribution in [0, 0.1) is 0 Å². The third-order valence-corrected chi connectivity index (χ3v) is 1.72. The number of aromatic nitrogens is 1. The van der Waals surface area contributed by atoms with Gasteiger partial charge in [0, 0.05) is 17.1 Å². The Balaban J connectivity index is 2.91. The molecule has 3 N–H and O–H groups in total. The average Bonchev–Trinajstić information content (AvgIpc) is 2.62. The standard InChI is InChI=1S/C10H12N2/c11-6-5-8-7-12-10-4-2-1-3-9(8)10/h1-4,7,12H,5-6,11H2/i1D,2D,3D,4D,7D. The second-order valence-corrected chi connectivity index (χ2v) is 2.52. The lowest BCUT2D eigenvalue weighted by molar-refractivity contribution is 0.976. The maximum atomic E-state index is 7.82. The Bertz CT molecular complexity index is 590. The summed E-state index contributed by atoms with van der Waals surface area (Å²) in [4.78, 5) is 2.69. The van der Waals surface area contributed by atoms with Crippen molar-refractivity contribution in [2.24, 2.45) is 5.73 Å². The molecule has 0 unspecified atom stereocenters. The summed E-state index contributed by atoms with van der Waals surface area (Å²) in [6.45, 7) is 0.335. The number of hydrogen-bond acceptors (Lipinski definition) is 1. The zero-order valence-electron chi connectivity index (χ0n) is 11.5. The average molecular weight is 165 g/mol. The van der Waals surface area contributed by atoms with Crippen molar-refractivity contribution >= 4 is 10.9 Å². The summed E-state index contributed by atoms with van der Waals surface area (Å²) in [6.07, 6.45) is 0.526. The fraction of sp³-hybridized carbons (Fsp3) is 0.200. The van der Waals surface area contributed by atoms with Gasteiger partial charge in [0.2, 0.25) is 0 Å². The van der Waals surface area contributed by atoms with Crippen LogP contribution in [-0.4, -0.2) is 11.5 Å². The van der Waals surface area contributed by atoms with Crippen molar-refractivity contribution in [2.45, 2.75) is 6.42 Å². The van der Waals surface area contributed by atoms with E-state index in [1.807, 2.05) is 0 Å². The molecule has 0 spiro atoms. The first kappa shape index (κ1) is 3.62. The second-order valence-electron chi connectivity index (χ2n) is 2.52. The molecule has 12 heavy (non-hydrogen) atoms. The highest BCUT2D eigenvalue weighted by Gasteiger charge is 1.99. The molecule has 1 heterocycles. The number of para-hydroxylation sites is 1. The minimum Gasteiger partial charge on any atom is -0.361 e. The smallest absolute Gasteiger partial charge is 0.0819 e. The highest BCUT2D eigenvalue weighted by atomic mass is 14.7. The van der Waals surface area contributed by atoms with Gasteiger partial charge in [0.1, 0.15) is 0 Å². The third kappa shape index (κ3) is 1.10. The monoisotopic (exact) mass is 165 g/mol. The molecular formula is C10H12N2. The van der Waals surface area contributed by atoms with Gasteiger partial charge >= 0.3 is 0 Å². The van der Waals surface area contributed by atoms with Crippen molar-refractivity contribution in [1.82, 2.24) is 4.98 Å². The number of aromatic amines is 1. The van der Waals surface area contributed by atoms with Crippen LogP contribution in [0.2, 0.25) is 0 Å². The van der Waals surface area contributed by atoms with Crippen LogP contribution in [0.4, 0.5) is 0 Å². The molecule has 0 aliphatic carbocycles. The molecule has 0 aliphatic heterocycles. The van der Waals surface area contributed by atoms with Crippen LogP contribution in [0.5, 0.6) is 0 Å². The van der Waals surface area contributed by atoms with Gasteiger partial charge in [-0.25, -0.2) is 0 Å². The minimum absolute atomic E-state index is 0.109. The molecule has 62 valence electrons. The Labute approximate surface area is 78.4 Å². The van der Waals surface area contributed by atoms with Gasteiger partial charge in [0.05, 0.1) is 6.85 Å². The number of H-pyrrole nitrogens is 1. The van der Waals surface area contributed by atoms with Crippen LogP contribution in [-0.2, 0) is 6.42 Å². The van der Waals surface area contributed by atoms with Crippen LogP contribution in [0.25, 0.3) is 10.9 Å². The third-order valence-electron chi connectivity index (χ3n) is 1.72. The number of nitrogens with two attached hydrogens (primary N) is 1. The molecule has 0 saturated carbocycles.